The summed E-state index contributed by atoms with van der Waals surface area (Å²) in [6.45, 7) is 5.21. The second-order valence-electron chi connectivity index (χ2n) is 4.82. The van der Waals surface area contributed by atoms with Crippen molar-refractivity contribution in [1.82, 2.24) is 5.32 Å². The van der Waals surface area contributed by atoms with Crippen LogP contribution in [0.5, 0.6) is 0 Å². The van der Waals surface area contributed by atoms with E-state index in [1.165, 1.54) is 0 Å². The highest BCUT2D eigenvalue weighted by Gasteiger charge is 2.21. The highest BCUT2D eigenvalue weighted by atomic mass is 35.5. The lowest BCUT2D eigenvalue weighted by Gasteiger charge is -2.28. The first-order valence-corrected chi connectivity index (χ1v) is 8.18. The van der Waals surface area contributed by atoms with Crippen molar-refractivity contribution in [3.63, 3.8) is 0 Å². The Morgan fingerprint density at radius 3 is 2.74 bits per heavy atom. The van der Waals surface area contributed by atoms with E-state index in [-0.39, 0.29) is 12.1 Å². The summed E-state index contributed by atoms with van der Waals surface area (Å²) in [5.41, 5.74) is -0.228. The van der Waals surface area contributed by atoms with Gasteiger partial charge in [0.05, 0.1) is 11.6 Å². The number of nitrogens with one attached hydrogen (secondary N) is 1. The van der Waals surface area contributed by atoms with Crippen LogP contribution in [0.25, 0.3) is 0 Å². The van der Waals surface area contributed by atoms with Crippen molar-refractivity contribution in [3.05, 3.63) is 28.2 Å². The molecule has 0 aliphatic rings. The third-order valence-electron chi connectivity index (χ3n) is 2.96. The lowest BCUT2D eigenvalue weighted by atomic mass is 10.0. The summed E-state index contributed by atoms with van der Waals surface area (Å²) in [6, 6.07) is 5.48. The number of halogens is 2. The smallest absolute Gasteiger partial charge is 0.0610 e. The topological polar surface area (TPSA) is 32.3 Å². The summed E-state index contributed by atoms with van der Waals surface area (Å²) in [5.74, 6) is 0.883. The van der Waals surface area contributed by atoms with Gasteiger partial charge in [0, 0.05) is 15.5 Å². The summed E-state index contributed by atoms with van der Waals surface area (Å²) >= 11 is 13.7. The molecule has 0 aliphatic heterocycles. The first-order valence-electron chi connectivity index (χ1n) is 6.44. The Bertz CT molecular complexity index is 403. The van der Waals surface area contributed by atoms with Gasteiger partial charge in [-0.1, -0.05) is 30.1 Å². The molecule has 0 saturated heterocycles. The van der Waals surface area contributed by atoms with Crippen molar-refractivity contribution in [2.24, 2.45) is 0 Å². The summed E-state index contributed by atoms with van der Waals surface area (Å²) in [6.07, 6.45) is 1.93. The van der Waals surface area contributed by atoms with Crippen molar-refractivity contribution >= 4 is 35.0 Å². The van der Waals surface area contributed by atoms with Crippen molar-refractivity contribution in [3.8, 4) is 0 Å². The second-order valence-corrected chi connectivity index (χ2v) is 6.80. The second kappa shape index (κ2) is 8.38. The zero-order valence-electron chi connectivity index (χ0n) is 11.4. The molecule has 1 atom stereocenters. The maximum absolute atomic E-state index is 9.49. The van der Waals surface area contributed by atoms with Crippen LogP contribution >= 0.6 is 35.0 Å². The molecule has 0 aromatic heterocycles. The van der Waals surface area contributed by atoms with Gasteiger partial charge in [0.25, 0.3) is 0 Å². The molecule has 1 rings (SSSR count). The van der Waals surface area contributed by atoms with Crippen molar-refractivity contribution in [2.45, 2.75) is 37.1 Å². The molecule has 0 bridgehead atoms. The Morgan fingerprint density at radius 1 is 1.37 bits per heavy atom. The molecule has 0 amide bonds. The summed E-state index contributed by atoms with van der Waals surface area (Å²) < 4.78 is 0. The molecule has 0 spiro atoms. The first-order chi connectivity index (χ1) is 9.00. The van der Waals surface area contributed by atoms with Crippen LogP contribution in [0, 0.1) is 0 Å². The van der Waals surface area contributed by atoms with E-state index in [1.807, 2.05) is 19.1 Å². The highest BCUT2D eigenvalue weighted by Crippen LogP contribution is 2.31. The molecule has 0 heterocycles. The van der Waals surface area contributed by atoms with Crippen LogP contribution in [-0.2, 0) is 0 Å². The third kappa shape index (κ3) is 5.92. The average Bonchev–Trinajstić information content (AvgIpc) is 2.40. The van der Waals surface area contributed by atoms with Gasteiger partial charge in [0.1, 0.15) is 0 Å². The number of hydrogen-bond donors (Lipinski definition) is 2. The molecule has 19 heavy (non-hydrogen) atoms. The Balaban J connectivity index is 2.50. The Labute approximate surface area is 129 Å². The highest BCUT2D eigenvalue weighted by molar-refractivity contribution is 7.99. The Kier molecular flexibility index (Phi) is 7.55. The monoisotopic (exact) mass is 321 g/mol. The van der Waals surface area contributed by atoms with E-state index in [0.29, 0.717) is 5.02 Å². The Morgan fingerprint density at radius 2 is 2.11 bits per heavy atom. The minimum Gasteiger partial charge on any atom is -0.394 e. The molecular weight excluding hydrogens is 301 g/mol. The minimum atomic E-state index is -0.228. The van der Waals surface area contributed by atoms with Gasteiger partial charge in [0.2, 0.25) is 0 Å². The van der Waals surface area contributed by atoms with Gasteiger partial charge in [0.15, 0.2) is 0 Å². The largest absolute Gasteiger partial charge is 0.394 e. The number of rotatable bonds is 8. The van der Waals surface area contributed by atoms with Crippen LogP contribution in [0.1, 0.15) is 26.7 Å². The van der Waals surface area contributed by atoms with E-state index in [2.05, 4.69) is 12.2 Å². The molecule has 108 valence electrons. The van der Waals surface area contributed by atoms with Gasteiger partial charge in [-0.05, 0) is 50.3 Å². The third-order valence-corrected chi connectivity index (χ3v) is 4.69. The van der Waals surface area contributed by atoms with Crippen molar-refractivity contribution < 1.29 is 5.11 Å². The molecule has 5 heteroatoms. The predicted octanol–water partition coefficient (Wildman–Crippen LogP) is 4.23. The van der Waals surface area contributed by atoms with Crippen molar-refractivity contribution in [2.75, 3.05) is 18.9 Å². The summed E-state index contributed by atoms with van der Waals surface area (Å²) in [7, 11) is 0. The summed E-state index contributed by atoms with van der Waals surface area (Å²) in [5, 5.41) is 14.3. The standard InChI is InChI=1S/C14H21Cl2NOS/c1-3-7-17-14(2,10-18)6-8-19-13-9-11(15)4-5-12(13)16/h4-5,9,17-18H,3,6-8,10H2,1-2H3. The van der Waals surface area contributed by atoms with E-state index in [0.717, 1.165) is 35.1 Å². The van der Waals surface area contributed by atoms with Gasteiger partial charge in [-0.25, -0.2) is 0 Å². The fourth-order valence-electron chi connectivity index (χ4n) is 1.62. The molecule has 1 aromatic carbocycles. The molecular formula is C14H21Cl2NOS. The maximum atomic E-state index is 9.49. The molecule has 0 fully saturated rings. The number of aliphatic hydroxyl groups excluding tert-OH is 1. The fraction of sp³-hybridized carbons (Fsp3) is 0.571. The zero-order valence-corrected chi connectivity index (χ0v) is 13.7. The van der Waals surface area contributed by atoms with Crippen LogP contribution in [0.15, 0.2) is 23.1 Å². The molecule has 0 aliphatic carbocycles. The minimum absolute atomic E-state index is 0.136. The van der Waals surface area contributed by atoms with E-state index in [9.17, 15) is 5.11 Å². The molecule has 2 nitrogen and oxygen atoms in total. The number of thioether (sulfide) groups is 1. The van der Waals surface area contributed by atoms with Gasteiger partial charge < -0.3 is 10.4 Å². The SMILES string of the molecule is CCCNC(C)(CO)CCSc1cc(Cl)ccc1Cl. The normalized spacial score (nSPS) is 14.4. The lowest BCUT2D eigenvalue weighted by Crippen LogP contribution is -2.46. The average molecular weight is 322 g/mol. The van der Waals surface area contributed by atoms with Crippen LogP contribution in [0.2, 0.25) is 10.0 Å². The predicted molar refractivity (Wildman–Crippen MR) is 85.6 cm³/mol. The van der Waals surface area contributed by atoms with Crippen LogP contribution in [-0.4, -0.2) is 29.5 Å². The number of aliphatic hydroxyl groups is 1. The quantitative estimate of drug-likeness (QED) is 0.703. The molecule has 2 N–H and O–H groups in total. The van der Waals surface area contributed by atoms with Gasteiger partial charge in [-0.15, -0.1) is 11.8 Å². The van der Waals surface area contributed by atoms with Gasteiger partial charge >= 0.3 is 0 Å². The van der Waals surface area contributed by atoms with E-state index in [4.69, 9.17) is 23.2 Å². The van der Waals surface area contributed by atoms with E-state index >= 15 is 0 Å². The summed E-state index contributed by atoms with van der Waals surface area (Å²) in [4.78, 5) is 0.991. The van der Waals surface area contributed by atoms with Gasteiger partial charge in [-0.2, -0.15) is 0 Å². The van der Waals surface area contributed by atoms with E-state index < -0.39 is 0 Å². The first kappa shape index (κ1) is 17.1. The van der Waals surface area contributed by atoms with Gasteiger partial charge in [-0.3, -0.25) is 0 Å². The van der Waals surface area contributed by atoms with Crippen LogP contribution in [0.3, 0.4) is 0 Å². The molecule has 1 unspecified atom stereocenters. The van der Waals surface area contributed by atoms with E-state index in [1.54, 1.807) is 17.8 Å². The molecule has 0 radical (unpaired) electrons. The lowest BCUT2D eigenvalue weighted by molar-refractivity contribution is 0.171. The molecule has 1 aromatic rings. The number of benzene rings is 1. The van der Waals surface area contributed by atoms with Crippen LogP contribution < -0.4 is 5.32 Å². The molecule has 0 saturated carbocycles. The maximum Gasteiger partial charge on any atom is 0.0610 e. The zero-order chi connectivity index (χ0) is 14.3. The fourth-order valence-corrected chi connectivity index (χ4v) is 3.33. The Hall–Kier alpha value is 0.0700. The number of hydrogen-bond acceptors (Lipinski definition) is 3. The van der Waals surface area contributed by atoms with Crippen LogP contribution in [0.4, 0.5) is 0 Å². The van der Waals surface area contributed by atoms with Crippen molar-refractivity contribution in [1.29, 1.82) is 0 Å².